The third-order valence-corrected chi connectivity index (χ3v) is 3.17. The number of nitrogens with two attached hydrogens (primary N) is 1. The Labute approximate surface area is 124 Å². The lowest BCUT2D eigenvalue weighted by Crippen LogP contribution is -2.48. The first kappa shape index (κ1) is 17.1. The highest BCUT2D eigenvalue weighted by molar-refractivity contribution is 5.97. The highest BCUT2D eigenvalue weighted by atomic mass is 19.1. The van der Waals surface area contributed by atoms with Gasteiger partial charge >= 0.3 is 0 Å². The number of nitrogens with one attached hydrogen (secondary N) is 1. The lowest BCUT2D eigenvalue weighted by Gasteiger charge is -2.22. The van der Waals surface area contributed by atoms with E-state index in [9.17, 15) is 14.0 Å². The molecule has 0 aliphatic heterocycles. The zero-order valence-electron chi connectivity index (χ0n) is 12.6. The topological polar surface area (TPSA) is 75.4 Å². The minimum Gasteiger partial charge on any atom is -0.346 e. The number of rotatable bonds is 6. The number of amides is 2. The molecule has 0 fully saturated rings. The quantitative estimate of drug-likeness (QED) is 0.830. The van der Waals surface area contributed by atoms with Crippen molar-refractivity contribution in [2.75, 3.05) is 18.0 Å². The zero-order chi connectivity index (χ0) is 16.0. The molecule has 0 aromatic heterocycles. The van der Waals surface area contributed by atoms with Gasteiger partial charge in [0.15, 0.2) is 0 Å². The van der Waals surface area contributed by atoms with E-state index < -0.39 is 11.9 Å². The fourth-order valence-corrected chi connectivity index (χ4v) is 1.83. The van der Waals surface area contributed by atoms with Crippen LogP contribution in [0.1, 0.15) is 20.8 Å². The van der Waals surface area contributed by atoms with Gasteiger partial charge in [0.1, 0.15) is 5.82 Å². The Hall–Kier alpha value is -1.95. The van der Waals surface area contributed by atoms with Gasteiger partial charge in [-0.2, -0.15) is 0 Å². The molecule has 0 spiro atoms. The highest BCUT2D eigenvalue weighted by Gasteiger charge is 2.20. The molecule has 1 atom stereocenters. The normalized spacial score (nSPS) is 12.1. The first-order valence-electron chi connectivity index (χ1n) is 6.96. The van der Waals surface area contributed by atoms with Crippen LogP contribution in [-0.2, 0) is 9.59 Å². The summed E-state index contributed by atoms with van der Waals surface area (Å²) in [7, 11) is 0. The van der Waals surface area contributed by atoms with Crippen LogP contribution in [0.25, 0.3) is 0 Å². The second-order valence-corrected chi connectivity index (χ2v) is 5.11. The molecule has 0 bridgehead atoms. The highest BCUT2D eigenvalue weighted by Crippen LogP contribution is 2.15. The number of hydrogen-bond acceptors (Lipinski definition) is 3. The van der Waals surface area contributed by atoms with Gasteiger partial charge in [-0.15, -0.1) is 0 Å². The standard InChI is InChI=1S/C15H22FN3O2/c1-4-19(12-7-5-6-11(16)8-12)13(20)9-18-15(21)14(17)10(2)3/h5-8,10,14H,4,9,17H2,1-3H3,(H,18,21)/t14-/m0/s1. The summed E-state index contributed by atoms with van der Waals surface area (Å²) in [5.74, 6) is -1.10. The van der Waals surface area contributed by atoms with Crippen molar-refractivity contribution in [3.63, 3.8) is 0 Å². The van der Waals surface area contributed by atoms with Crippen LogP contribution in [0.3, 0.4) is 0 Å². The predicted octanol–water partition coefficient (Wildman–Crippen LogP) is 1.28. The summed E-state index contributed by atoms with van der Waals surface area (Å²) in [5.41, 5.74) is 6.16. The molecular formula is C15H22FN3O2. The van der Waals surface area contributed by atoms with Crippen molar-refractivity contribution in [1.82, 2.24) is 5.32 Å². The van der Waals surface area contributed by atoms with Crippen LogP contribution >= 0.6 is 0 Å². The number of carbonyl (C=O) groups is 2. The molecule has 2 amide bonds. The number of benzene rings is 1. The number of halogens is 1. The third-order valence-electron chi connectivity index (χ3n) is 3.17. The molecule has 0 aliphatic rings. The first-order valence-corrected chi connectivity index (χ1v) is 6.96. The molecule has 0 radical (unpaired) electrons. The monoisotopic (exact) mass is 295 g/mol. The molecule has 0 heterocycles. The van der Waals surface area contributed by atoms with E-state index in [1.54, 1.807) is 13.0 Å². The smallest absolute Gasteiger partial charge is 0.246 e. The number of likely N-dealkylation sites (N-methyl/N-ethyl adjacent to an activating group) is 1. The van der Waals surface area contributed by atoms with Crippen molar-refractivity contribution in [2.45, 2.75) is 26.8 Å². The zero-order valence-corrected chi connectivity index (χ0v) is 12.6. The summed E-state index contributed by atoms with van der Waals surface area (Å²) in [6.07, 6.45) is 0. The van der Waals surface area contributed by atoms with E-state index in [2.05, 4.69) is 5.32 Å². The maximum atomic E-state index is 13.2. The van der Waals surface area contributed by atoms with Crippen molar-refractivity contribution in [3.05, 3.63) is 30.1 Å². The van der Waals surface area contributed by atoms with E-state index in [1.807, 2.05) is 13.8 Å². The van der Waals surface area contributed by atoms with Crippen molar-refractivity contribution in [1.29, 1.82) is 0 Å². The average Bonchev–Trinajstić information content (AvgIpc) is 2.44. The van der Waals surface area contributed by atoms with Gasteiger partial charge in [-0.05, 0) is 31.0 Å². The summed E-state index contributed by atoms with van der Waals surface area (Å²) in [6.45, 7) is 5.66. The Morgan fingerprint density at radius 3 is 2.57 bits per heavy atom. The van der Waals surface area contributed by atoms with Crippen molar-refractivity contribution in [2.24, 2.45) is 11.7 Å². The Morgan fingerprint density at radius 1 is 1.38 bits per heavy atom. The second-order valence-electron chi connectivity index (χ2n) is 5.11. The van der Waals surface area contributed by atoms with E-state index in [0.29, 0.717) is 12.2 Å². The van der Waals surface area contributed by atoms with Gasteiger partial charge in [0, 0.05) is 12.2 Å². The lowest BCUT2D eigenvalue weighted by molar-refractivity contribution is -0.126. The van der Waals surface area contributed by atoms with Crippen molar-refractivity contribution < 1.29 is 14.0 Å². The van der Waals surface area contributed by atoms with E-state index in [0.717, 1.165) is 0 Å². The Kier molecular flexibility index (Phi) is 6.30. The Morgan fingerprint density at radius 2 is 2.05 bits per heavy atom. The number of nitrogens with zero attached hydrogens (tertiary/aromatic N) is 1. The second kappa shape index (κ2) is 7.73. The number of carbonyl (C=O) groups excluding carboxylic acids is 2. The minimum atomic E-state index is -0.651. The third kappa shape index (κ3) is 4.82. The van der Waals surface area contributed by atoms with Crippen molar-refractivity contribution in [3.8, 4) is 0 Å². The van der Waals surface area contributed by atoms with Gasteiger partial charge in [0.25, 0.3) is 0 Å². The van der Waals surface area contributed by atoms with Crippen molar-refractivity contribution >= 4 is 17.5 Å². The lowest BCUT2D eigenvalue weighted by atomic mass is 10.1. The molecule has 0 saturated carbocycles. The number of anilines is 1. The van der Waals surface area contributed by atoms with Crippen LogP contribution in [0.15, 0.2) is 24.3 Å². The van der Waals surface area contributed by atoms with Crippen LogP contribution in [-0.4, -0.2) is 30.9 Å². The first-order chi connectivity index (χ1) is 9.86. The fraction of sp³-hybridized carbons (Fsp3) is 0.467. The van der Waals surface area contributed by atoms with Crippen LogP contribution in [0.4, 0.5) is 10.1 Å². The summed E-state index contributed by atoms with van der Waals surface area (Å²) < 4.78 is 13.2. The van der Waals surface area contributed by atoms with Crippen LogP contribution in [0.2, 0.25) is 0 Å². The van der Waals surface area contributed by atoms with E-state index in [1.165, 1.54) is 23.1 Å². The molecule has 1 rings (SSSR count). The van der Waals surface area contributed by atoms with Gasteiger partial charge in [0.2, 0.25) is 11.8 Å². The Bertz CT molecular complexity index is 505. The largest absolute Gasteiger partial charge is 0.346 e. The SMILES string of the molecule is CCN(C(=O)CNC(=O)[C@@H](N)C(C)C)c1cccc(F)c1. The molecule has 21 heavy (non-hydrogen) atoms. The molecule has 5 nitrogen and oxygen atoms in total. The van der Waals surface area contributed by atoms with Gasteiger partial charge in [0.05, 0.1) is 12.6 Å². The van der Waals surface area contributed by atoms with Gasteiger partial charge in [-0.25, -0.2) is 4.39 Å². The maximum Gasteiger partial charge on any atom is 0.246 e. The Balaban J connectivity index is 2.67. The molecule has 0 unspecified atom stereocenters. The molecule has 116 valence electrons. The summed E-state index contributed by atoms with van der Waals surface area (Å²) in [6, 6.07) is 5.12. The molecular weight excluding hydrogens is 273 g/mol. The maximum absolute atomic E-state index is 13.2. The van der Waals surface area contributed by atoms with E-state index in [-0.39, 0.29) is 24.3 Å². The summed E-state index contributed by atoms with van der Waals surface area (Å²) in [4.78, 5) is 25.3. The van der Waals surface area contributed by atoms with Gasteiger partial charge in [-0.1, -0.05) is 19.9 Å². The summed E-state index contributed by atoms with van der Waals surface area (Å²) in [5, 5.41) is 2.51. The van der Waals surface area contributed by atoms with E-state index >= 15 is 0 Å². The summed E-state index contributed by atoms with van der Waals surface area (Å²) >= 11 is 0. The van der Waals surface area contributed by atoms with E-state index in [4.69, 9.17) is 5.73 Å². The number of hydrogen-bond donors (Lipinski definition) is 2. The van der Waals surface area contributed by atoms with Crippen LogP contribution in [0, 0.1) is 11.7 Å². The molecule has 0 saturated heterocycles. The molecule has 1 aromatic rings. The molecule has 3 N–H and O–H groups in total. The van der Waals surface area contributed by atoms with Crippen LogP contribution in [0.5, 0.6) is 0 Å². The molecule has 6 heteroatoms. The van der Waals surface area contributed by atoms with Crippen LogP contribution < -0.4 is 16.0 Å². The van der Waals surface area contributed by atoms with Gasteiger partial charge in [-0.3, -0.25) is 9.59 Å². The van der Waals surface area contributed by atoms with Gasteiger partial charge < -0.3 is 16.0 Å². The average molecular weight is 295 g/mol. The minimum absolute atomic E-state index is 0.00870. The molecule has 1 aromatic carbocycles. The fourth-order valence-electron chi connectivity index (χ4n) is 1.83. The molecule has 0 aliphatic carbocycles. The predicted molar refractivity (Wildman–Crippen MR) is 80.3 cm³/mol.